The summed E-state index contributed by atoms with van der Waals surface area (Å²) in [6.45, 7) is 4.06. The standard InChI is InChI=1S/C19H19ClN4O/c1-13-19(14(2)24(23-13)17-6-4-3-5-7-17)21-12-18(25)22-16-10-8-15(20)9-11-16/h3-11,21H,12H2,1-2H3,(H,22,25). The molecule has 0 fully saturated rings. The van der Waals surface area contributed by atoms with E-state index in [2.05, 4.69) is 15.7 Å². The minimum absolute atomic E-state index is 0.131. The van der Waals surface area contributed by atoms with Crippen LogP contribution in [0.1, 0.15) is 11.4 Å². The quantitative estimate of drug-likeness (QED) is 0.722. The maximum absolute atomic E-state index is 12.1. The summed E-state index contributed by atoms with van der Waals surface area (Å²) in [6.07, 6.45) is 0. The smallest absolute Gasteiger partial charge is 0.243 e. The number of anilines is 2. The van der Waals surface area contributed by atoms with Crippen molar-refractivity contribution in [2.45, 2.75) is 13.8 Å². The SMILES string of the molecule is Cc1nn(-c2ccccc2)c(C)c1NCC(=O)Nc1ccc(Cl)cc1. The van der Waals surface area contributed by atoms with Gasteiger partial charge in [-0.1, -0.05) is 29.8 Å². The Balaban J connectivity index is 1.68. The number of nitrogens with one attached hydrogen (secondary N) is 2. The Labute approximate surface area is 151 Å². The van der Waals surface area contributed by atoms with Crippen LogP contribution in [-0.4, -0.2) is 22.2 Å². The van der Waals surface area contributed by atoms with Crippen molar-refractivity contribution in [1.29, 1.82) is 0 Å². The normalized spacial score (nSPS) is 10.5. The summed E-state index contributed by atoms with van der Waals surface area (Å²) in [6, 6.07) is 16.9. The van der Waals surface area contributed by atoms with Crippen LogP contribution in [0.15, 0.2) is 54.6 Å². The summed E-state index contributed by atoms with van der Waals surface area (Å²) in [4.78, 5) is 12.1. The van der Waals surface area contributed by atoms with Crippen molar-refractivity contribution in [2.75, 3.05) is 17.2 Å². The first-order valence-electron chi connectivity index (χ1n) is 7.95. The Morgan fingerprint density at radius 3 is 2.44 bits per heavy atom. The van der Waals surface area contributed by atoms with Gasteiger partial charge in [-0.05, 0) is 50.2 Å². The molecule has 0 atom stereocenters. The third kappa shape index (κ3) is 4.00. The summed E-state index contributed by atoms with van der Waals surface area (Å²) < 4.78 is 1.87. The van der Waals surface area contributed by atoms with E-state index in [1.165, 1.54) is 0 Å². The van der Waals surface area contributed by atoms with E-state index in [0.717, 1.165) is 22.8 Å². The van der Waals surface area contributed by atoms with Gasteiger partial charge in [-0.2, -0.15) is 5.10 Å². The number of rotatable bonds is 5. The van der Waals surface area contributed by atoms with E-state index in [4.69, 9.17) is 11.6 Å². The second kappa shape index (κ2) is 7.40. The van der Waals surface area contributed by atoms with Crippen LogP contribution in [-0.2, 0) is 4.79 Å². The largest absolute Gasteiger partial charge is 0.373 e. The van der Waals surface area contributed by atoms with Gasteiger partial charge >= 0.3 is 0 Å². The molecular formula is C19H19ClN4O. The van der Waals surface area contributed by atoms with Crippen molar-refractivity contribution in [3.8, 4) is 5.69 Å². The van der Waals surface area contributed by atoms with Gasteiger partial charge in [0.2, 0.25) is 5.91 Å². The van der Waals surface area contributed by atoms with Gasteiger partial charge in [0, 0.05) is 10.7 Å². The number of aryl methyl sites for hydroxylation is 1. The van der Waals surface area contributed by atoms with E-state index in [9.17, 15) is 4.79 Å². The molecule has 5 nitrogen and oxygen atoms in total. The van der Waals surface area contributed by atoms with Crippen molar-refractivity contribution in [3.05, 3.63) is 71.0 Å². The Morgan fingerprint density at radius 1 is 1.08 bits per heavy atom. The van der Waals surface area contributed by atoms with Gasteiger partial charge < -0.3 is 10.6 Å². The number of nitrogens with zero attached hydrogens (tertiary/aromatic N) is 2. The van der Waals surface area contributed by atoms with Crippen molar-refractivity contribution in [3.63, 3.8) is 0 Å². The van der Waals surface area contributed by atoms with Gasteiger partial charge in [0.1, 0.15) is 0 Å². The average molecular weight is 355 g/mol. The zero-order valence-corrected chi connectivity index (χ0v) is 14.8. The Bertz CT molecular complexity index is 872. The van der Waals surface area contributed by atoms with Crippen molar-refractivity contribution >= 4 is 28.9 Å². The van der Waals surface area contributed by atoms with Gasteiger partial charge in [-0.15, -0.1) is 0 Å². The second-order valence-electron chi connectivity index (χ2n) is 5.70. The van der Waals surface area contributed by atoms with Crippen LogP contribution < -0.4 is 10.6 Å². The summed E-state index contributed by atoms with van der Waals surface area (Å²) >= 11 is 5.84. The van der Waals surface area contributed by atoms with Crippen LogP contribution in [0.25, 0.3) is 5.69 Å². The van der Waals surface area contributed by atoms with E-state index in [1.54, 1.807) is 24.3 Å². The second-order valence-corrected chi connectivity index (χ2v) is 6.14. The summed E-state index contributed by atoms with van der Waals surface area (Å²) in [5.41, 5.74) is 4.38. The topological polar surface area (TPSA) is 59.0 Å². The predicted molar refractivity (Wildman–Crippen MR) is 102 cm³/mol. The van der Waals surface area contributed by atoms with E-state index in [0.29, 0.717) is 10.7 Å². The number of aromatic nitrogens is 2. The lowest BCUT2D eigenvalue weighted by Gasteiger charge is -2.09. The molecule has 0 aliphatic carbocycles. The first kappa shape index (κ1) is 17.0. The molecule has 0 radical (unpaired) electrons. The molecule has 0 unspecified atom stereocenters. The molecule has 2 aromatic carbocycles. The highest BCUT2D eigenvalue weighted by Gasteiger charge is 2.13. The van der Waals surface area contributed by atoms with Gasteiger partial charge in [0.05, 0.1) is 29.3 Å². The first-order valence-corrected chi connectivity index (χ1v) is 8.33. The first-order chi connectivity index (χ1) is 12.0. The van der Waals surface area contributed by atoms with Crippen LogP contribution in [0.2, 0.25) is 5.02 Å². The molecule has 0 spiro atoms. The maximum atomic E-state index is 12.1. The highest BCUT2D eigenvalue weighted by Crippen LogP contribution is 2.22. The summed E-state index contributed by atoms with van der Waals surface area (Å²) in [5.74, 6) is -0.131. The lowest BCUT2D eigenvalue weighted by Crippen LogP contribution is -2.22. The molecule has 3 aromatic rings. The van der Waals surface area contributed by atoms with Gasteiger partial charge in [-0.3, -0.25) is 4.79 Å². The summed E-state index contributed by atoms with van der Waals surface area (Å²) in [7, 11) is 0. The lowest BCUT2D eigenvalue weighted by molar-refractivity contribution is -0.114. The number of carbonyl (C=O) groups is 1. The van der Waals surface area contributed by atoms with Gasteiger partial charge in [-0.25, -0.2) is 4.68 Å². The summed E-state index contributed by atoms with van der Waals surface area (Å²) in [5, 5.41) is 11.2. The molecule has 3 rings (SSSR count). The molecule has 0 saturated heterocycles. The number of halogens is 1. The zero-order valence-electron chi connectivity index (χ0n) is 14.1. The molecule has 25 heavy (non-hydrogen) atoms. The number of hydrogen-bond acceptors (Lipinski definition) is 3. The molecule has 0 saturated carbocycles. The van der Waals surface area contributed by atoms with Crippen molar-refractivity contribution in [2.24, 2.45) is 0 Å². The molecule has 1 aromatic heterocycles. The van der Waals surface area contributed by atoms with Crippen LogP contribution >= 0.6 is 11.6 Å². The minimum Gasteiger partial charge on any atom is -0.373 e. The fraction of sp³-hybridized carbons (Fsp3) is 0.158. The van der Waals surface area contributed by atoms with Crippen LogP contribution in [0.4, 0.5) is 11.4 Å². The molecule has 0 bridgehead atoms. The van der Waals surface area contributed by atoms with E-state index in [-0.39, 0.29) is 12.5 Å². The fourth-order valence-electron chi connectivity index (χ4n) is 2.63. The Hall–Kier alpha value is -2.79. The molecule has 128 valence electrons. The van der Waals surface area contributed by atoms with E-state index >= 15 is 0 Å². The number of amides is 1. The van der Waals surface area contributed by atoms with Crippen LogP contribution in [0.5, 0.6) is 0 Å². The van der Waals surface area contributed by atoms with E-state index < -0.39 is 0 Å². The molecule has 0 aliphatic rings. The zero-order chi connectivity index (χ0) is 17.8. The number of hydrogen-bond donors (Lipinski definition) is 2. The predicted octanol–water partition coefficient (Wildman–Crippen LogP) is 4.19. The fourth-order valence-corrected chi connectivity index (χ4v) is 2.75. The lowest BCUT2D eigenvalue weighted by atomic mass is 10.3. The van der Waals surface area contributed by atoms with E-state index in [1.807, 2.05) is 48.9 Å². The molecule has 1 amide bonds. The molecule has 0 aliphatic heterocycles. The average Bonchev–Trinajstić information content (AvgIpc) is 2.90. The third-order valence-electron chi connectivity index (χ3n) is 3.85. The molecule has 1 heterocycles. The molecular weight excluding hydrogens is 336 g/mol. The van der Waals surface area contributed by atoms with Gasteiger partial charge in [0.25, 0.3) is 0 Å². The highest BCUT2D eigenvalue weighted by atomic mass is 35.5. The Morgan fingerprint density at radius 2 is 1.76 bits per heavy atom. The van der Waals surface area contributed by atoms with Crippen LogP contribution in [0, 0.1) is 13.8 Å². The van der Waals surface area contributed by atoms with Crippen LogP contribution in [0.3, 0.4) is 0 Å². The molecule has 6 heteroatoms. The maximum Gasteiger partial charge on any atom is 0.243 e. The molecule has 2 N–H and O–H groups in total. The minimum atomic E-state index is -0.131. The number of benzene rings is 2. The number of carbonyl (C=O) groups excluding carboxylic acids is 1. The number of para-hydroxylation sites is 1. The van der Waals surface area contributed by atoms with Crippen molar-refractivity contribution in [1.82, 2.24) is 9.78 Å². The third-order valence-corrected chi connectivity index (χ3v) is 4.10. The van der Waals surface area contributed by atoms with Gasteiger partial charge in [0.15, 0.2) is 0 Å². The van der Waals surface area contributed by atoms with Crippen molar-refractivity contribution < 1.29 is 4.79 Å². The Kier molecular flexibility index (Phi) is 5.05. The highest BCUT2D eigenvalue weighted by molar-refractivity contribution is 6.30. The monoisotopic (exact) mass is 354 g/mol.